The van der Waals surface area contributed by atoms with Crippen molar-refractivity contribution in [3.8, 4) is 11.4 Å². The molecule has 10 nitrogen and oxygen atoms in total. The first kappa shape index (κ1) is 27.2. The molecule has 0 radical (unpaired) electrons. The zero-order valence-electron chi connectivity index (χ0n) is 20.7. The highest BCUT2D eigenvalue weighted by atomic mass is 35.5. The number of quaternary nitrogens is 1. The highest BCUT2D eigenvalue weighted by Crippen LogP contribution is 2.40. The number of allylic oxidation sites excluding steroid dienone is 2. The van der Waals surface area contributed by atoms with Crippen molar-refractivity contribution in [3.63, 3.8) is 0 Å². The normalized spacial score (nSPS) is 17.5. The second kappa shape index (κ2) is 10.9. The van der Waals surface area contributed by atoms with E-state index >= 15 is 0 Å². The fraction of sp³-hybridized carbons (Fsp3) is 0.240. The van der Waals surface area contributed by atoms with Gasteiger partial charge in [0.25, 0.3) is 0 Å². The Balaban J connectivity index is 1.66. The number of hydroxylamine groups is 2. The van der Waals surface area contributed by atoms with E-state index in [1.807, 2.05) is 0 Å². The summed E-state index contributed by atoms with van der Waals surface area (Å²) in [5.74, 6) is -2.57. The van der Waals surface area contributed by atoms with E-state index in [-0.39, 0.29) is 29.4 Å². The number of aryl methyl sites for hydroxylation is 1. The molecule has 0 aliphatic carbocycles. The van der Waals surface area contributed by atoms with Crippen LogP contribution in [0.3, 0.4) is 0 Å². The largest absolute Gasteiger partial charge is 0.614 e. The van der Waals surface area contributed by atoms with Crippen molar-refractivity contribution in [2.45, 2.75) is 20.5 Å². The van der Waals surface area contributed by atoms with Crippen LogP contribution in [0.15, 0.2) is 59.4 Å². The van der Waals surface area contributed by atoms with Crippen LogP contribution < -0.4 is 9.55 Å². The summed E-state index contributed by atoms with van der Waals surface area (Å²) < 4.78 is 31.0. The molecule has 1 aliphatic heterocycles. The van der Waals surface area contributed by atoms with Crippen molar-refractivity contribution in [1.82, 2.24) is 24.6 Å². The number of carbonyl (C=O) groups excluding carboxylic acids is 1. The molecular formula is C25H23ClF2N6O4. The van der Waals surface area contributed by atoms with E-state index in [9.17, 15) is 23.9 Å². The molecule has 0 aromatic carbocycles. The Bertz CT molecular complexity index is 1460. The van der Waals surface area contributed by atoms with Gasteiger partial charge < -0.3 is 20.0 Å². The van der Waals surface area contributed by atoms with Crippen LogP contribution in [0.4, 0.5) is 20.4 Å². The molecule has 198 valence electrons. The van der Waals surface area contributed by atoms with E-state index in [0.29, 0.717) is 35.5 Å². The second-order valence-corrected chi connectivity index (χ2v) is 8.87. The Labute approximate surface area is 221 Å². The van der Waals surface area contributed by atoms with E-state index < -0.39 is 33.8 Å². The van der Waals surface area contributed by atoms with Gasteiger partial charge in [0.2, 0.25) is 5.95 Å². The third-order valence-electron chi connectivity index (χ3n) is 5.87. The molecule has 0 saturated heterocycles. The number of pyridine rings is 2. The molecule has 1 N–H and O–H groups in total. The van der Waals surface area contributed by atoms with Crippen LogP contribution in [-0.2, 0) is 16.1 Å². The number of ether oxygens (including phenoxy) is 1. The number of halogens is 3. The van der Waals surface area contributed by atoms with Crippen molar-refractivity contribution >= 4 is 29.1 Å². The zero-order chi connectivity index (χ0) is 27.6. The van der Waals surface area contributed by atoms with Gasteiger partial charge in [0.1, 0.15) is 23.8 Å². The van der Waals surface area contributed by atoms with Gasteiger partial charge in [0, 0.05) is 56.7 Å². The molecule has 1 amide bonds. The first-order valence-corrected chi connectivity index (χ1v) is 11.7. The van der Waals surface area contributed by atoms with Gasteiger partial charge in [-0.05, 0) is 13.0 Å². The average Bonchev–Trinajstić information content (AvgIpc) is 2.90. The predicted octanol–water partition coefficient (Wildman–Crippen LogP) is 3.87. The molecule has 1 unspecified atom stereocenters. The van der Waals surface area contributed by atoms with Gasteiger partial charge in [0.15, 0.2) is 22.3 Å². The lowest BCUT2D eigenvalue weighted by Gasteiger charge is -2.41. The summed E-state index contributed by atoms with van der Waals surface area (Å²) >= 11 is 6.27. The Hall–Kier alpha value is -3.84. The minimum absolute atomic E-state index is 0.0354. The number of aliphatic hydroxyl groups excluding tert-OH is 1. The van der Waals surface area contributed by atoms with Crippen molar-refractivity contribution in [2.24, 2.45) is 0 Å². The molecule has 4 rings (SSSR count). The van der Waals surface area contributed by atoms with E-state index in [4.69, 9.17) is 16.3 Å². The van der Waals surface area contributed by atoms with E-state index in [2.05, 4.69) is 19.9 Å². The Morgan fingerprint density at radius 3 is 2.63 bits per heavy atom. The van der Waals surface area contributed by atoms with Crippen LogP contribution in [0, 0.1) is 23.8 Å². The van der Waals surface area contributed by atoms with Gasteiger partial charge in [-0.2, -0.15) is 0 Å². The maximum absolute atomic E-state index is 14.1. The minimum Gasteiger partial charge on any atom is -0.614 e. The van der Waals surface area contributed by atoms with Crippen LogP contribution in [0.2, 0.25) is 0 Å². The molecule has 0 bridgehead atoms. The Morgan fingerprint density at radius 2 is 1.92 bits per heavy atom. The predicted molar refractivity (Wildman–Crippen MR) is 136 cm³/mol. The molecule has 0 spiro atoms. The molecule has 4 heterocycles. The minimum atomic E-state index is -1.53. The first-order valence-electron chi connectivity index (χ1n) is 11.3. The number of carbonyl (C=O) groups is 1. The van der Waals surface area contributed by atoms with Crippen LogP contribution in [0.1, 0.15) is 18.2 Å². The number of likely N-dealkylation sites (N-methyl/N-ethyl adjacent to an activating group) is 1. The lowest BCUT2D eigenvalue weighted by atomic mass is 10.1. The van der Waals surface area contributed by atoms with E-state index in [0.717, 1.165) is 6.20 Å². The summed E-state index contributed by atoms with van der Waals surface area (Å²) in [6, 6.07) is 3.72. The summed E-state index contributed by atoms with van der Waals surface area (Å²) in [5, 5.41) is 22.8. The Morgan fingerprint density at radius 1 is 1.16 bits per heavy atom. The van der Waals surface area contributed by atoms with Gasteiger partial charge in [-0.25, -0.2) is 28.2 Å². The topological polar surface area (TPSA) is 124 Å². The molecular weight excluding hydrogens is 522 g/mol. The van der Waals surface area contributed by atoms with Gasteiger partial charge in [-0.3, -0.25) is 9.97 Å². The highest BCUT2D eigenvalue weighted by molar-refractivity contribution is 6.44. The van der Waals surface area contributed by atoms with Crippen molar-refractivity contribution in [3.05, 3.63) is 87.5 Å². The van der Waals surface area contributed by atoms with Crippen molar-refractivity contribution < 1.29 is 23.4 Å². The highest BCUT2D eigenvalue weighted by Gasteiger charge is 2.42. The number of aliphatic hydroxyl groups is 1. The number of anilines is 1. The molecule has 0 saturated carbocycles. The number of amides is 1. The number of aromatic nitrogens is 4. The third kappa shape index (κ3) is 5.11. The lowest BCUT2D eigenvalue weighted by Crippen LogP contribution is -2.49. The first-order chi connectivity index (χ1) is 18.1. The smallest absolute Gasteiger partial charge is 0.370 e. The third-order valence-corrected chi connectivity index (χ3v) is 6.22. The molecule has 13 heteroatoms. The van der Waals surface area contributed by atoms with Crippen LogP contribution in [0.25, 0.3) is 11.4 Å². The number of nitrogens with zero attached hydrogens (tertiary/aromatic N) is 6. The molecule has 1 atom stereocenters. The SMILES string of the molecule is CC1=CC(OCc2ncc(F)cc2F)=C(Cl)C(=O)[N+]1([O-])c1cc(-c2ccnc(N(C)CCO)n2)ncc1C. The zero-order valence-corrected chi connectivity index (χ0v) is 21.4. The van der Waals surface area contributed by atoms with Gasteiger partial charge in [0.05, 0.1) is 24.2 Å². The number of rotatable bonds is 8. The van der Waals surface area contributed by atoms with Crippen molar-refractivity contribution in [1.29, 1.82) is 0 Å². The van der Waals surface area contributed by atoms with Crippen LogP contribution in [0.5, 0.6) is 0 Å². The molecule has 38 heavy (non-hydrogen) atoms. The number of hydrogen-bond acceptors (Lipinski definition) is 9. The fourth-order valence-electron chi connectivity index (χ4n) is 3.76. The summed E-state index contributed by atoms with van der Waals surface area (Å²) in [6.07, 6.45) is 5.10. The summed E-state index contributed by atoms with van der Waals surface area (Å²) in [6.45, 7) is 2.87. The fourth-order valence-corrected chi connectivity index (χ4v) is 3.99. The quantitative estimate of drug-likeness (QED) is 0.332. The van der Waals surface area contributed by atoms with Gasteiger partial charge in [-0.1, -0.05) is 11.6 Å². The van der Waals surface area contributed by atoms with E-state index in [1.165, 1.54) is 31.5 Å². The standard InChI is InChI=1S/C25H23ClF2N6O4/c1-14-11-30-19(18-4-5-29-25(32-18)33(3)6-7-35)10-21(14)34(37)15(2)8-22(23(26)24(34)36)38-13-20-17(28)9-16(27)12-31-20/h4-5,8-12,35H,6-7,13H2,1-3H3. The molecule has 3 aromatic heterocycles. The number of hydrogen-bond donors (Lipinski definition) is 1. The molecule has 0 fully saturated rings. The maximum atomic E-state index is 14.1. The molecule has 1 aliphatic rings. The Kier molecular flexibility index (Phi) is 7.78. The van der Waals surface area contributed by atoms with Crippen LogP contribution in [-0.4, -0.2) is 51.1 Å². The monoisotopic (exact) mass is 544 g/mol. The summed E-state index contributed by atoms with van der Waals surface area (Å²) in [7, 11) is 1.72. The average molecular weight is 545 g/mol. The molecule has 3 aromatic rings. The summed E-state index contributed by atoms with van der Waals surface area (Å²) in [4.78, 5) is 31.6. The van der Waals surface area contributed by atoms with Crippen molar-refractivity contribution in [2.75, 3.05) is 25.1 Å². The summed E-state index contributed by atoms with van der Waals surface area (Å²) in [5.41, 5.74) is 1.06. The van der Waals surface area contributed by atoms with Gasteiger partial charge >= 0.3 is 5.91 Å². The van der Waals surface area contributed by atoms with Crippen LogP contribution >= 0.6 is 11.6 Å². The second-order valence-electron chi connectivity index (χ2n) is 8.49. The maximum Gasteiger partial charge on any atom is 0.370 e. The van der Waals surface area contributed by atoms with Gasteiger partial charge in [-0.15, -0.1) is 0 Å². The van der Waals surface area contributed by atoms with E-state index in [1.54, 1.807) is 24.9 Å². The lowest BCUT2D eigenvalue weighted by molar-refractivity contribution is -0.122.